The van der Waals surface area contributed by atoms with Crippen molar-refractivity contribution in [2.24, 2.45) is 4.99 Å². The molecule has 0 spiro atoms. The Hall–Kier alpha value is -1.69. The van der Waals surface area contributed by atoms with Gasteiger partial charge in [0.25, 0.3) is 0 Å². The van der Waals surface area contributed by atoms with Crippen LogP contribution in [-0.2, 0) is 34.1 Å². The SMILES string of the molecule is CCNC(=NCc1cc(F)ccc1CS(C)(=O)=O)NCc1ncc(C(C)(C)C)o1.I. The van der Waals surface area contributed by atoms with E-state index in [-0.39, 0.29) is 41.7 Å². The fraction of sp³-hybridized carbons (Fsp3) is 0.500. The Morgan fingerprint density at radius 1 is 1.23 bits per heavy atom. The smallest absolute Gasteiger partial charge is 0.213 e. The second-order valence-corrected chi connectivity index (χ2v) is 10.0. The summed E-state index contributed by atoms with van der Waals surface area (Å²) < 4.78 is 42.7. The molecule has 0 bridgehead atoms. The number of aromatic nitrogens is 1. The molecule has 0 aliphatic rings. The standard InChI is InChI=1S/C20H29FN4O3S.HI/c1-6-22-19(25-12-18-23-11-17(28-18)20(2,3)4)24-10-15-9-16(21)8-7-14(15)13-29(5,26)27;/h7-9,11H,6,10,12-13H2,1-5H3,(H2,22,24,25);1H. The van der Waals surface area contributed by atoms with Crippen LogP contribution in [0.1, 0.15) is 50.5 Å². The molecule has 0 aliphatic heterocycles. The van der Waals surface area contributed by atoms with Crippen molar-refractivity contribution in [1.82, 2.24) is 15.6 Å². The molecule has 1 aromatic carbocycles. The number of aliphatic imine (C=N–C) groups is 1. The molecular weight excluding hydrogens is 522 g/mol. The molecule has 0 unspecified atom stereocenters. The fourth-order valence-electron chi connectivity index (χ4n) is 2.57. The normalized spacial score (nSPS) is 12.4. The highest BCUT2D eigenvalue weighted by molar-refractivity contribution is 14.0. The maximum atomic E-state index is 13.7. The van der Waals surface area contributed by atoms with Crippen LogP contribution in [0.4, 0.5) is 4.39 Å². The minimum Gasteiger partial charge on any atom is -0.443 e. The summed E-state index contributed by atoms with van der Waals surface area (Å²) in [6, 6.07) is 4.06. The molecule has 0 saturated heterocycles. The van der Waals surface area contributed by atoms with Gasteiger partial charge in [-0.25, -0.2) is 22.8 Å². The number of nitrogens with one attached hydrogen (secondary N) is 2. The van der Waals surface area contributed by atoms with E-state index >= 15 is 0 Å². The molecule has 0 atom stereocenters. The zero-order chi connectivity index (χ0) is 21.7. The van der Waals surface area contributed by atoms with Crippen LogP contribution < -0.4 is 10.6 Å². The van der Waals surface area contributed by atoms with E-state index in [2.05, 4.69) is 20.6 Å². The molecule has 2 N–H and O–H groups in total. The Morgan fingerprint density at radius 3 is 2.50 bits per heavy atom. The van der Waals surface area contributed by atoms with Gasteiger partial charge < -0.3 is 15.1 Å². The topological polar surface area (TPSA) is 96.6 Å². The highest BCUT2D eigenvalue weighted by atomic mass is 127. The summed E-state index contributed by atoms with van der Waals surface area (Å²) in [7, 11) is -3.24. The van der Waals surface area contributed by atoms with Gasteiger partial charge in [-0.15, -0.1) is 24.0 Å². The number of halogens is 2. The van der Waals surface area contributed by atoms with Crippen molar-refractivity contribution >= 4 is 39.8 Å². The lowest BCUT2D eigenvalue weighted by Crippen LogP contribution is -2.36. The van der Waals surface area contributed by atoms with E-state index in [1.165, 1.54) is 18.2 Å². The first-order valence-corrected chi connectivity index (χ1v) is 11.5. The van der Waals surface area contributed by atoms with Crippen LogP contribution in [0.15, 0.2) is 33.8 Å². The lowest BCUT2D eigenvalue weighted by atomic mass is 9.94. The molecular formula is C20H30FIN4O3S. The van der Waals surface area contributed by atoms with Crippen LogP contribution in [0.2, 0.25) is 0 Å². The molecule has 168 valence electrons. The monoisotopic (exact) mass is 552 g/mol. The molecule has 7 nitrogen and oxygen atoms in total. The van der Waals surface area contributed by atoms with Crippen molar-refractivity contribution < 1.29 is 17.2 Å². The van der Waals surface area contributed by atoms with E-state index in [0.29, 0.717) is 36.1 Å². The third-order valence-corrected chi connectivity index (χ3v) is 4.87. The minimum absolute atomic E-state index is 0. The predicted octanol–water partition coefficient (Wildman–Crippen LogP) is 3.53. The van der Waals surface area contributed by atoms with Gasteiger partial charge >= 0.3 is 0 Å². The van der Waals surface area contributed by atoms with E-state index < -0.39 is 15.7 Å². The number of sulfone groups is 1. The number of benzene rings is 1. The minimum atomic E-state index is -3.24. The Balaban J connectivity index is 0.00000450. The average Bonchev–Trinajstić information content (AvgIpc) is 3.07. The van der Waals surface area contributed by atoms with Crippen molar-refractivity contribution in [2.45, 2.75) is 52.0 Å². The van der Waals surface area contributed by atoms with Gasteiger partial charge in [-0.2, -0.15) is 0 Å². The van der Waals surface area contributed by atoms with Gasteiger partial charge in [0, 0.05) is 18.2 Å². The van der Waals surface area contributed by atoms with Gasteiger partial charge in [0.1, 0.15) is 11.6 Å². The fourth-order valence-corrected chi connectivity index (χ4v) is 3.42. The molecule has 1 heterocycles. The molecule has 2 rings (SSSR count). The van der Waals surface area contributed by atoms with E-state index in [1.807, 2.05) is 27.7 Å². The Morgan fingerprint density at radius 2 is 1.93 bits per heavy atom. The van der Waals surface area contributed by atoms with Crippen molar-refractivity contribution in [1.29, 1.82) is 0 Å². The largest absolute Gasteiger partial charge is 0.443 e. The van der Waals surface area contributed by atoms with Crippen molar-refractivity contribution in [3.8, 4) is 0 Å². The number of oxazole rings is 1. The number of nitrogens with zero attached hydrogens (tertiary/aromatic N) is 2. The number of hydrogen-bond donors (Lipinski definition) is 2. The third-order valence-electron chi connectivity index (χ3n) is 4.04. The Kier molecular flexibility index (Phi) is 9.73. The number of hydrogen-bond acceptors (Lipinski definition) is 5. The lowest BCUT2D eigenvalue weighted by Gasteiger charge is -2.13. The van der Waals surface area contributed by atoms with Crippen LogP contribution in [0.5, 0.6) is 0 Å². The average molecular weight is 552 g/mol. The summed E-state index contributed by atoms with van der Waals surface area (Å²) in [6.07, 6.45) is 2.86. The van der Waals surface area contributed by atoms with E-state index in [0.717, 1.165) is 12.0 Å². The van der Waals surface area contributed by atoms with E-state index in [1.54, 1.807) is 6.20 Å². The zero-order valence-corrected chi connectivity index (χ0v) is 21.1. The van der Waals surface area contributed by atoms with Crippen molar-refractivity contribution in [3.05, 3.63) is 53.0 Å². The van der Waals surface area contributed by atoms with Gasteiger partial charge in [0.15, 0.2) is 15.8 Å². The summed E-state index contributed by atoms with van der Waals surface area (Å²) in [6.45, 7) is 9.16. The first-order chi connectivity index (χ1) is 13.5. The summed E-state index contributed by atoms with van der Waals surface area (Å²) in [5, 5.41) is 6.22. The van der Waals surface area contributed by atoms with Gasteiger partial charge in [-0.3, -0.25) is 0 Å². The predicted molar refractivity (Wildman–Crippen MR) is 127 cm³/mol. The molecule has 0 amide bonds. The van der Waals surface area contributed by atoms with E-state index in [9.17, 15) is 12.8 Å². The molecule has 2 aromatic rings. The summed E-state index contributed by atoms with van der Waals surface area (Å²) in [5.74, 6) is 1.23. The first kappa shape index (κ1) is 26.3. The maximum Gasteiger partial charge on any atom is 0.213 e. The van der Waals surface area contributed by atoms with Crippen molar-refractivity contribution in [2.75, 3.05) is 12.8 Å². The first-order valence-electron chi connectivity index (χ1n) is 9.40. The van der Waals surface area contributed by atoms with Gasteiger partial charge in [-0.05, 0) is 30.2 Å². The third kappa shape index (κ3) is 8.58. The molecule has 10 heteroatoms. The lowest BCUT2D eigenvalue weighted by molar-refractivity contribution is 0.379. The second kappa shape index (κ2) is 11.1. The second-order valence-electron chi connectivity index (χ2n) is 7.90. The van der Waals surface area contributed by atoms with Crippen LogP contribution in [0.25, 0.3) is 0 Å². The van der Waals surface area contributed by atoms with Gasteiger partial charge in [-0.1, -0.05) is 26.8 Å². The maximum absolute atomic E-state index is 13.7. The zero-order valence-electron chi connectivity index (χ0n) is 18.0. The van der Waals surface area contributed by atoms with Crippen molar-refractivity contribution in [3.63, 3.8) is 0 Å². The summed E-state index contributed by atoms with van der Waals surface area (Å²) in [5.41, 5.74) is 0.937. The van der Waals surface area contributed by atoms with E-state index in [4.69, 9.17) is 4.42 Å². The molecule has 0 radical (unpaired) electrons. The van der Waals surface area contributed by atoms with Crippen LogP contribution in [0.3, 0.4) is 0 Å². The summed E-state index contributed by atoms with van der Waals surface area (Å²) in [4.78, 5) is 8.72. The number of guanidine groups is 1. The highest BCUT2D eigenvalue weighted by Crippen LogP contribution is 2.22. The molecule has 30 heavy (non-hydrogen) atoms. The van der Waals surface area contributed by atoms with Gasteiger partial charge in [0.05, 0.1) is 25.0 Å². The molecule has 1 aromatic heterocycles. The van der Waals surface area contributed by atoms with Crippen LogP contribution >= 0.6 is 24.0 Å². The summed E-state index contributed by atoms with van der Waals surface area (Å²) >= 11 is 0. The quantitative estimate of drug-likeness (QED) is 0.310. The molecule has 0 saturated carbocycles. The Bertz CT molecular complexity index is 969. The van der Waals surface area contributed by atoms with Crippen LogP contribution in [0, 0.1) is 5.82 Å². The number of rotatable bonds is 7. The molecule has 0 aliphatic carbocycles. The molecule has 0 fully saturated rings. The Labute approximate surface area is 194 Å². The van der Waals surface area contributed by atoms with Crippen LogP contribution in [-0.4, -0.2) is 32.2 Å². The highest BCUT2D eigenvalue weighted by Gasteiger charge is 2.19. The van der Waals surface area contributed by atoms with Gasteiger partial charge in [0.2, 0.25) is 5.89 Å².